The molecule has 7 heteroatoms. The topological polar surface area (TPSA) is 46.4 Å². The molecule has 0 N–H and O–H groups in total. The Morgan fingerprint density at radius 3 is 2.83 bits per heavy atom. The third kappa shape index (κ3) is 3.09. The summed E-state index contributed by atoms with van der Waals surface area (Å²) >= 11 is 1.77. The molecule has 2 aromatic rings. The van der Waals surface area contributed by atoms with Crippen molar-refractivity contribution in [3.05, 3.63) is 5.69 Å². The molecule has 2 aliphatic heterocycles. The van der Waals surface area contributed by atoms with Gasteiger partial charge in [0.05, 0.1) is 16.5 Å². The molecule has 2 saturated heterocycles. The summed E-state index contributed by atoms with van der Waals surface area (Å²) in [6.07, 6.45) is 4.03. The van der Waals surface area contributed by atoms with Gasteiger partial charge in [-0.25, -0.2) is 9.67 Å². The largest absolute Gasteiger partial charge is 0.375 e. The first-order chi connectivity index (χ1) is 11.2. The molecule has 0 bridgehead atoms. The lowest BCUT2D eigenvalue weighted by molar-refractivity contribution is 0.0451. The molecule has 0 spiro atoms. The van der Waals surface area contributed by atoms with Gasteiger partial charge >= 0.3 is 0 Å². The highest BCUT2D eigenvalue weighted by Gasteiger charge is 2.25. The van der Waals surface area contributed by atoms with Gasteiger partial charge in [0.25, 0.3) is 0 Å². The van der Waals surface area contributed by atoms with Gasteiger partial charge in [-0.1, -0.05) is 11.3 Å². The Hall–Kier alpha value is -1.18. The van der Waals surface area contributed by atoms with Crippen molar-refractivity contribution in [2.75, 3.05) is 44.2 Å². The van der Waals surface area contributed by atoms with Crippen LogP contribution in [0.1, 0.15) is 25.0 Å². The van der Waals surface area contributed by atoms with Crippen molar-refractivity contribution in [1.82, 2.24) is 19.7 Å². The van der Waals surface area contributed by atoms with Crippen LogP contribution in [-0.4, -0.2) is 65.1 Å². The van der Waals surface area contributed by atoms with E-state index in [4.69, 9.17) is 9.72 Å². The second-order valence-electron chi connectivity index (χ2n) is 6.66. The van der Waals surface area contributed by atoms with E-state index in [1.807, 2.05) is 11.7 Å². The quantitative estimate of drug-likeness (QED) is 0.859. The van der Waals surface area contributed by atoms with E-state index < -0.39 is 0 Å². The monoisotopic (exact) mass is 335 g/mol. The first kappa shape index (κ1) is 15.4. The van der Waals surface area contributed by atoms with Crippen LogP contribution >= 0.6 is 11.3 Å². The summed E-state index contributed by atoms with van der Waals surface area (Å²) in [5, 5.41) is 5.57. The lowest BCUT2D eigenvalue weighted by Crippen LogP contribution is -2.39. The number of fused-ring (bicyclic) bond motifs is 1. The van der Waals surface area contributed by atoms with Crippen LogP contribution < -0.4 is 4.90 Å². The molecule has 2 fully saturated rings. The fourth-order valence-corrected chi connectivity index (χ4v) is 4.71. The van der Waals surface area contributed by atoms with Gasteiger partial charge < -0.3 is 14.5 Å². The molecule has 2 aliphatic rings. The van der Waals surface area contributed by atoms with Crippen LogP contribution in [0.2, 0.25) is 0 Å². The number of nitrogens with zero attached hydrogens (tertiary/aromatic N) is 5. The molecule has 126 valence electrons. The van der Waals surface area contributed by atoms with E-state index in [0.717, 1.165) is 49.1 Å². The van der Waals surface area contributed by atoms with Crippen molar-refractivity contribution >= 4 is 26.8 Å². The van der Waals surface area contributed by atoms with Crippen molar-refractivity contribution in [3.8, 4) is 0 Å². The SMILES string of the molecule is Cc1nn(C)c2nc(N3CCCO[C@H](CN4CCCC4)C3)sc12. The summed E-state index contributed by atoms with van der Waals surface area (Å²) in [4.78, 5) is 9.80. The molecule has 0 unspecified atom stereocenters. The Morgan fingerprint density at radius 1 is 1.22 bits per heavy atom. The first-order valence-corrected chi connectivity index (χ1v) is 9.41. The Kier molecular flexibility index (Phi) is 4.26. The van der Waals surface area contributed by atoms with Crippen LogP contribution in [0.5, 0.6) is 0 Å². The number of aromatic nitrogens is 3. The molecule has 0 aliphatic carbocycles. The van der Waals surface area contributed by atoms with E-state index in [1.54, 1.807) is 11.3 Å². The second kappa shape index (κ2) is 6.37. The minimum atomic E-state index is 0.293. The van der Waals surface area contributed by atoms with E-state index in [9.17, 15) is 0 Å². The van der Waals surface area contributed by atoms with Gasteiger partial charge in [-0.15, -0.1) is 0 Å². The number of aryl methyl sites for hydroxylation is 2. The molecule has 0 radical (unpaired) electrons. The Morgan fingerprint density at radius 2 is 2.04 bits per heavy atom. The van der Waals surface area contributed by atoms with Gasteiger partial charge in [-0.2, -0.15) is 5.10 Å². The molecule has 4 heterocycles. The number of rotatable bonds is 3. The van der Waals surface area contributed by atoms with E-state index in [2.05, 4.69) is 21.8 Å². The lowest BCUT2D eigenvalue weighted by Gasteiger charge is -2.26. The van der Waals surface area contributed by atoms with Crippen molar-refractivity contribution in [1.29, 1.82) is 0 Å². The fourth-order valence-electron chi connectivity index (χ4n) is 3.64. The molecule has 4 rings (SSSR count). The first-order valence-electron chi connectivity index (χ1n) is 8.60. The minimum absolute atomic E-state index is 0.293. The zero-order valence-electron chi connectivity index (χ0n) is 14.0. The number of thiazole rings is 1. The average Bonchev–Trinajstić information content (AvgIpc) is 3.19. The Labute approximate surface area is 141 Å². The predicted octanol–water partition coefficient (Wildman–Crippen LogP) is 2.03. The molecule has 2 aromatic heterocycles. The number of anilines is 1. The normalized spacial score (nSPS) is 23.7. The van der Waals surface area contributed by atoms with E-state index in [0.29, 0.717) is 6.10 Å². The van der Waals surface area contributed by atoms with Gasteiger partial charge in [0, 0.05) is 33.3 Å². The molecule has 0 amide bonds. The van der Waals surface area contributed by atoms with Crippen LogP contribution in [0.25, 0.3) is 10.3 Å². The summed E-state index contributed by atoms with van der Waals surface area (Å²) in [6.45, 7) is 8.41. The molecular weight excluding hydrogens is 310 g/mol. The van der Waals surface area contributed by atoms with Crippen molar-refractivity contribution in [2.45, 2.75) is 32.3 Å². The fraction of sp³-hybridized carbons (Fsp3) is 0.750. The van der Waals surface area contributed by atoms with E-state index in [1.165, 1.54) is 30.6 Å². The number of hydrogen-bond acceptors (Lipinski definition) is 6. The van der Waals surface area contributed by atoms with Crippen molar-refractivity contribution in [2.24, 2.45) is 7.05 Å². The van der Waals surface area contributed by atoms with Crippen LogP contribution in [0.3, 0.4) is 0 Å². The maximum atomic E-state index is 6.10. The maximum absolute atomic E-state index is 6.10. The third-order valence-electron chi connectivity index (χ3n) is 4.81. The maximum Gasteiger partial charge on any atom is 0.188 e. The van der Waals surface area contributed by atoms with E-state index in [-0.39, 0.29) is 0 Å². The summed E-state index contributed by atoms with van der Waals surface area (Å²) in [5.41, 5.74) is 2.08. The summed E-state index contributed by atoms with van der Waals surface area (Å²) in [5.74, 6) is 0. The smallest absolute Gasteiger partial charge is 0.188 e. The molecule has 1 atom stereocenters. The van der Waals surface area contributed by atoms with Crippen molar-refractivity contribution < 1.29 is 4.74 Å². The minimum Gasteiger partial charge on any atom is -0.375 e. The highest BCUT2D eigenvalue weighted by Crippen LogP contribution is 2.31. The summed E-state index contributed by atoms with van der Waals surface area (Å²) in [6, 6.07) is 0. The van der Waals surface area contributed by atoms with Crippen molar-refractivity contribution in [3.63, 3.8) is 0 Å². The molecular formula is C16H25N5OS. The summed E-state index contributed by atoms with van der Waals surface area (Å²) in [7, 11) is 1.97. The van der Waals surface area contributed by atoms with Gasteiger partial charge in [0.15, 0.2) is 10.8 Å². The lowest BCUT2D eigenvalue weighted by atomic mass is 10.3. The second-order valence-corrected chi connectivity index (χ2v) is 7.64. The number of likely N-dealkylation sites (tertiary alicyclic amines) is 1. The summed E-state index contributed by atoms with van der Waals surface area (Å²) < 4.78 is 9.20. The van der Waals surface area contributed by atoms with E-state index >= 15 is 0 Å². The zero-order chi connectivity index (χ0) is 15.8. The Bertz CT molecular complexity index is 641. The highest BCUT2D eigenvalue weighted by atomic mass is 32.1. The number of ether oxygens (including phenoxy) is 1. The van der Waals surface area contributed by atoms with Gasteiger partial charge in [-0.05, 0) is 39.3 Å². The highest BCUT2D eigenvalue weighted by molar-refractivity contribution is 7.22. The zero-order valence-corrected chi connectivity index (χ0v) is 14.8. The van der Waals surface area contributed by atoms with Crippen LogP contribution in [0.15, 0.2) is 0 Å². The standard InChI is InChI=1S/C16H25N5OS/c1-12-14-15(19(2)18-12)17-16(23-14)21-8-5-9-22-13(11-21)10-20-6-3-4-7-20/h13H,3-11H2,1-2H3/t13-/m1/s1. The molecule has 6 nitrogen and oxygen atoms in total. The molecule has 0 saturated carbocycles. The van der Waals surface area contributed by atoms with Crippen LogP contribution in [0, 0.1) is 6.92 Å². The van der Waals surface area contributed by atoms with Gasteiger partial charge in [0.1, 0.15) is 0 Å². The van der Waals surface area contributed by atoms with Crippen LogP contribution in [0.4, 0.5) is 5.13 Å². The van der Waals surface area contributed by atoms with Crippen LogP contribution in [-0.2, 0) is 11.8 Å². The average molecular weight is 335 g/mol. The van der Waals surface area contributed by atoms with Gasteiger partial charge in [0.2, 0.25) is 0 Å². The molecule has 0 aromatic carbocycles. The Balaban J connectivity index is 1.52. The van der Waals surface area contributed by atoms with Gasteiger partial charge in [-0.3, -0.25) is 0 Å². The third-order valence-corrected chi connectivity index (χ3v) is 6.03. The predicted molar refractivity (Wildman–Crippen MR) is 93.4 cm³/mol. The molecule has 23 heavy (non-hydrogen) atoms. The number of hydrogen-bond donors (Lipinski definition) is 0.